The standard InChI is InChI=1S/C20H24N2O2S/c1-14(2)20(24)22-18-9-7-17(8-10-18)21-19(23)13-25-12-16-6-4-5-15(3)11-16/h4-11,14H,12-13H2,1-3H3,(H,21,23)(H,22,24). The zero-order valence-corrected chi connectivity index (χ0v) is 15.7. The third-order valence-corrected chi connectivity index (χ3v) is 4.55. The van der Waals surface area contributed by atoms with E-state index in [1.54, 1.807) is 36.0 Å². The molecule has 132 valence electrons. The van der Waals surface area contributed by atoms with Crippen molar-refractivity contribution in [3.63, 3.8) is 0 Å². The van der Waals surface area contributed by atoms with Gasteiger partial charge in [-0.2, -0.15) is 0 Å². The number of thioether (sulfide) groups is 1. The fourth-order valence-electron chi connectivity index (χ4n) is 2.18. The molecule has 25 heavy (non-hydrogen) atoms. The molecule has 2 N–H and O–H groups in total. The van der Waals surface area contributed by atoms with Crippen LogP contribution in [0.25, 0.3) is 0 Å². The molecule has 0 aliphatic carbocycles. The average molecular weight is 356 g/mol. The second kappa shape index (κ2) is 9.28. The molecule has 0 aliphatic rings. The van der Waals surface area contributed by atoms with Crippen molar-refractivity contribution in [2.75, 3.05) is 16.4 Å². The van der Waals surface area contributed by atoms with Crippen LogP contribution in [0.1, 0.15) is 25.0 Å². The number of aryl methyl sites for hydroxylation is 1. The number of hydrogen-bond donors (Lipinski definition) is 2. The van der Waals surface area contributed by atoms with Crippen LogP contribution in [0.4, 0.5) is 11.4 Å². The molecule has 0 spiro atoms. The Morgan fingerprint density at radius 2 is 1.64 bits per heavy atom. The van der Waals surface area contributed by atoms with Gasteiger partial charge in [-0.1, -0.05) is 43.7 Å². The first-order chi connectivity index (χ1) is 11.9. The number of anilines is 2. The second-order valence-corrected chi connectivity index (χ2v) is 7.24. The molecular weight excluding hydrogens is 332 g/mol. The Hall–Kier alpha value is -2.27. The van der Waals surface area contributed by atoms with Crippen LogP contribution in [0.2, 0.25) is 0 Å². The molecule has 0 saturated heterocycles. The van der Waals surface area contributed by atoms with E-state index in [1.807, 2.05) is 19.9 Å². The van der Waals surface area contributed by atoms with E-state index in [1.165, 1.54) is 11.1 Å². The molecule has 0 heterocycles. The van der Waals surface area contributed by atoms with E-state index in [-0.39, 0.29) is 17.7 Å². The number of benzene rings is 2. The summed E-state index contributed by atoms with van der Waals surface area (Å²) < 4.78 is 0. The number of hydrogen-bond acceptors (Lipinski definition) is 3. The van der Waals surface area contributed by atoms with Crippen molar-refractivity contribution in [1.29, 1.82) is 0 Å². The Morgan fingerprint density at radius 3 is 2.24 bits per heavy atom. The van der Waals surface area contributed by atoms with Gasteiger partial charge in [-0.3, -0.25) is 9.59 Å². The van der Waals surface area contributed by atoms with Crippen LogP contribution in [0.3, 0.4) is 0 Å². The summed E-state index contributed by atoms with van der Waals surface area (Å²) in [5.74, 6) is 1.10. The maximum atomic E-state index is 12.0. The second-order valence-electron chi connectivity index (χ2n) is 6.25. The van der Waals surface area contributed by atoms with Crippen LogP contribution in [0.5, 0.6) is 0 Å². The van der Waals surface area contributed by atoms with Crippen molar-refractivity contribution >= 4 is 35.0 Å². The quantitative estimate of drug-likeness (QED) is 0.770. The van der Waals surface area contributed by atoms with Crippen molar-refractivity contribution in [1.82, 2.24) is 0 Å². The van der Waals surface area contributed by atoms with Crippen LogP contribution in [0, 0.1) is 12.8 Å². The van der Waals surface area contributed by atoms with E-state index in [4.69, 9.17) is 0 Å². The molecule has 2 aromatic rings. The topological polar surface area (TPSA) is 58.2 Å². The van der Waals surface area contributed by atoms with Crippen LogP contribution in [-0.2, 0) is 15.3 Å². The maximum Gasteiger partial charge on any atom is 0.234 e. The van der Waals surface area contributed by atoms with Crippen LogP contribution < -0.4 is 10.6 Å². The van der Waals surface area contributed by atoms with Gasteiger partial charge in [0.2, 0.25) is 11.8 Å². The summed E-state index contributed by atoms with van der Waals surface area (Å²) in [4.78, 5) is 23.7. The van der Waals surface area contributed by atoms with E-state index in [2.05, 4.69) is 35.8 Å². The summed E-state index contributed by atoms with van der Waals surface area (Å²) in [5.41, 5.74) is 3.91. The van der Waals surface area contributed by atoms with E-state index in [0.29, 0.717) is 5.75 Å². The molecular formula is C20H24N2O2S. The van der Waals surface area contributed by atoms with Gasteiger partial charge in [0.15, 0.2) is 0 Å². The van der Waals surface area contributed by atoms with Gasteiger partial charge >= 0.3 is 0 Å². The lowest BCUT2D eigenvalue weighted by Gasteiger charge is -2.09. The Morgan fingerprint density at radius 1 is 1.00 bits per heavy atom. The minimum atomic E-state index is -0.0650. The van der Waals surface area contributed by atoms with E-state index >= 15 is 0 Å². The number of amides is 2. The smallest absolute Gasteiger partial charge is 0.234 e. The van der Waals surface area contributed by atoms with Gasteiger partial charge < -0.3 is 10.6 Å². The summed E-state index contributed by atoms with van der Waals surface area (Å²) in [6.45, 7) is 5.75. The monoisotopic (exact) mass is 356 g/mol. The largest absolute Gasteiger partial charge is 0.326 e. The molecule has 0 radical (unpaired) electrons. The summed E-state index contributed by atoms with van der Waals surface area (Å²) in [6, 6.07) is 15.5. The number of carbonyl (C=O) groups excluding carboxylic acids is 2. The molecule has 2 amide bonds. The predicted octanol–water partition coefficient (Wildman–Crippen LogP) is 4.46. The lowest BCUT2D eigenvalue weighted by molar-refractivity contribution is -0.119. The minimum absolute atomic E-state index is 0.0238. The summed E-state index contributed by atoms with van der Waals surface area (Å²) in [7, 11) is 0. The number of nitrogens with one attached hydrogen (secondary N) is 2. The highest BCUT2D eigenvalue weighted by molar-refractivity contribution is 7.99. The first-order valence-corrected chi connectivity index (χ1v) is 9.43. The normalized spacial score (nSPS) is 10.6. The Kier molecular flexibility index (Phi) is 7.07. The number of carbonyl (C=O) groups is 2. The van der Waals surface area contributed by atoms with Crippen molar-refractivity contribution in [3.05, 3.63) is 59.7 Å². The lowest BCUT2D eigenvalue weighted by atomic mass is 10.2. The Labute approximate surface area is 153 Å². The third-order valence-electron chi connectivity index (χ3n) is 3.54. The molecule has 2 aromatic carbocycles. The van der Waals surface area contributed by atoms with Gasteiger partial charge in [0.25, 0.3) is 0 Å². The highest BCUT2D eigenvalue weighted by Gasteiger charge is 2.07. The third kappa shape index (κ3) is 6.63. The predicted molar refractivity (Wildman–Crippen MR) is 106 cm³/mol. The maximum absolute atomic E-state index is 12.0. The SMILES string of the molecule is Cc1cccc(CSCC(=O)Nc2ccc(NC(=O)C(C)C)cc2)c1. The van der Waals surface area contributed by atoms with Gasteiger partial charge in [0.05, 0.1) is 5.75 Å². The van der Waals surface area contributed by atoms with Gasteiger partial charge in [-0.05, 0) is 36.8 Å². The molecule has 0 unspecified atom stereocenters. The van der Waals surface area contributed by atoms with Gasteiger partial charge in [0, 0.05) is 23.0 Å². The highest BCUT2D eigenvalue weighted by atomic mass is 32.2. The highest BCUT2D eigenvalue weighted by Crippen LogP contribution is 2.16. The zero-order chi connectivity index (χ0) is 18.2. The molecule has 5 heteroatoms. The fraction of sp³-hybridized carbons (Fsp3) is 0.300. The zero-order valence-electron chi connectivity index (χ0n) is 14.8. The van der Waals surface area contributed by atoms with E-state index in [9.17, 15) is 9.59 Å². The first kappa shape index (κ1) is 19.1. The molecule has 0 saturated carbocycles. The molecule has 0 aromatic heterocycles. The van der Waals surface area contributed by atoms with Crippen LogP contribution >= 0.6 is 11.8 Å². The van der Waals surface area contributed by atoms with Crippen molar-refractivity contribution in [2.45, 2.75) is 26.5 Å². The molecule has 0 bridgehead atoms. The van der Waals surface area contributed by atoms with Crippen LogP contribution in [-0.4, -0.2) is 17.6 Å². The summed E-state index contributed by atoms with van der Waals surface area (Å²) in [5, 5.41) is 5.69. The van der Waals surface area contributed by atoms with Crippen molar-refractivity contribution in [3.8, 4) is 0 Å². The summed E-state index contributed by atoms with van der Waals surface area (Å²) >= 11 is 1.59. The molecule has 0 atom stereocenters. The fourth-order valence-corrected chi connectivity index (χ4v) is 2.96. The molecule has 0 aliphatic heterocycles. The Bertz CT molecular complexity index is 727. The van der Waals surface area contributed by atoms with Gasteiger partial charge in [-0.25, -0.2) is 0 Å². The minimum Gasteiger partial charge on any atom is -0.326 e. The van der Waals surface area contributed by atoms with E-state index < -0.39 is 0 Å². The van der Waals surface area contributed by atoms with Crippen molar-refractivity contribution < 1.29 is 9.59 Å². The van der Waals surface area contributed by atoms with Gasteiger partial charge in [0.1, 0.15) is 0 Å². The van der Waals surface area contributed by atoms with Crippen LogP contribution in [0.15, 0.2) is 48.5 Å². The lowest BCUT2D eigenvalue weighted by Crippen LogP contribution is -2.18. The van der Waals surface area contributed by atoms with E-state index in [0.717, 1.165) is 17.1 Å². The van der Waals surface area contributed by atoms with Crippen molar-refractivity contribution in [2.24, 2.45) is 5.92 Å². The molecule has 4 nitrogen and oxygen atoms in total. The first-order valence-electron chi connectivity index (χ1n) is 8.28. The average Bonchev–Trinajstić information content (AvgIpc) is 2.56. The Balaban J connectivity index is 1.77. The molecule has 2 rings (SSSR count). The summed E-state index contributed by atoms with van der Waals surface area (Å²) in [6.07, 6.45) is 0. The van der Waals surface area contributed by atoms with Gasteiger partial charge in [-0.15, -0.1) is 11.8 Å². The molecule has 0 fully saturated rings. The number of rotatable bonds is 7.